The maximum absolute atomic E-state index is 13.0. The Bertz CT molecular complexity index is 607. The van der Waals surface area contributed by atoms with Crippen molar-refractivity contribution in [3.8, 4) is 0 Å². The van der Waals surface area contributed by atoms with Crippen LogP contribution in [-0.4, -0.2) is 53.4 Å². The van der Waals surface area contributed by atoms with Crippen molar-refractivity contribution in [2.45, 2.75) is 31.8 Å². The van der Waals surface area contributed by atoms with Gasteiger partial charge in [0.25, 0.3) is 0 Å². The molecule has 2 aliphatic heterocycles. The molecule has 6 heteroatoms. The summed E-state index contributed by atoms with van der Waals surface area (Å²) in [5, 5.41) is 7.65. The van der Waals surface area contributed by atoms with Gasteiger partial charge in [-0.25, -0.2) is 0 Å². The highest BCUT2D eigenvalue weighted by molar-refractivity contribution is 5.83. The summed E-state index contributed by atoms with van der Waals surface area (Å²) in [6.07, 6.45) is 7.20. The highest BCUT2D eigenvalue weighted by Crippen LogP contribution is 2.59. The molecule has 0 bridgehead atoms. The van der Waals surface area contributed by atoms with E-state index in [4.69, 9.17) is 4.74 Å². The van der Waals surface area contributed by atoms with E-state index in [0.717, 1.165) is 37.9 Å². The first-order valence-electron chi connectivity index (χ1n) is 8.65. The van der Waals surface area contributed by atoms with Gasteiger partial charge in [0.05, 0.1) is 19.3 Å². The molecule has 0 unspecified atom stereocenters. The summed E-state index contributed by atoms with van der Waals surface area (Å²) in [7, 11) is 1.91. The van der Waals surface area contributed by atoms with Crippen LogP contribution in [0.2, 0.25) is 0 Å². The molecule has 1 saturated carbocycles. The monoisotopic (exact) mass is 318 g/mol. The van der Waals surface area contributed by atoms with Crippen molar-refractivity contribution < 1.29 is 9.53 Å². The van der Waals surface area contributed by atoms with Crippen LogP contribution >= 0.6 is 0 Å². The van der Waals surface area contributed by atoms with Crippen molar-refractivity contribution in [3.05, 3.63) is 18.0 Å². The largest absolute Gasteiger partial charge is 0.367 e. The zero-order chi connectivity index (χ0) is 16.1. The predicted octanol–water partition coefficient (Wildman–Crippen LogP) is 0.884. The van der Waals surface area contributed by atoms with E-state index in [2.05, 4.69) is 17.3 Å². The molecule has 1 spiro atoms. The number of ether oxygens (including phenoxy) is 1. The van der Waals surface area contributed by atoms with Crippen LogP contribution in [0.5, 0.6) is 0 Å². The van der Waals surface area contributed by atoms with Crippen molar-refractivity contribution >= 4 is 5.91 Å². The second-order valence-electron chi connectivity index (χ2n) is 7.61. The molecule has 1 aromatic heterocycles. The summed E-state index contributed by atoms with van der Waals surface area (Å²) < 4.78 is 7.81. The van der Waals surface area contributed by atoms with Gasteiger partial charge in [-0.05, 0) is 44.7 Å². The molecule has 4 rings (SSSR count). The molecular formula is C17H26N4O2. The van der Waals surface area contributed by atoms with E-state index in [9.17, 15) is 4.79 Å². The Hall–Kier alpha value is -1.40. The van der Waals surface area contributed by atoms with Gasteiger partial charge in [-0.15, -0.1) is 0 Å². The number of hydrogen-bond acceptors (Lipinski definition) is 4. The van der Waals surface area contributed by atoms with E-state index in [1.165, 1.54) is 0 Å². The molecule has 0 aromatic carbocycles. The molecule has 1 aliphatic carbocycles. The highest BCUT2D eigenvalue weighted by atomic mass is 16.5. The first-order valence-corrected chi connectivity index (χ1v) is 8.65. The number of hydrogen-bond donors (Lipinski definition) is 1. The second-order valence-corrected chi connectivity index (χ2v) is 7.61. The summed E-state index contributed by atoms with van der Waals surface area (Å²) in [6.45, 7) is 6.11. The van der Waals surface area contributed by atoms with Crippen molar-refractivity contribution in [2.24, 2.45) is 18.4 Å². The van der Waals surface area contributed by atoms with Crippen LogP contribution in [0.3, 0.4) is 0 Å². The number of aryl methyl sites for hydroxylation is 1. The average Bonchev–Trinajstić information content (AvgIpc) is 3.03. The van der Waals surface area contributed by atoms with Crippen molar-refractivity contribution in [3.63, 3.8) is 0 Å². The first-order chi connectivity index (χ1) is 11.0. The van der Waals surface area contributed by atoms with Gasteiger partial charge in [0.15, 0.2) is 0 Å². The standard InChI is InChI=1S/C17H26N4O2/c1-16(13-10-19-20(2)11-13)12-21(7-8-23-16)15(22)14-9-17(14)3-5-18-6-4-17/h10-11,14,18H,3-9,12H2,1-2H3/t14-,16-/m1/s1. The van der Waals surface area contributed by atoms with Crippen LogP contribution < -0.4 is 5.32 Å². The van der Waals surface area contributed by atoms with E-state index >= 15 is 0 Å². The van der Waals surface area contributed by atoms with Gasteiger partial charge in [-0.1, -0.05) is 0 Å². The van der Waals surface area contributed by atoms with Crippen LogP contribution in [-0.2, 0) is 22.2 Å². The van der Waals surface area contributed by atoms with Crippen molar-refractivity contribution in [1.82, 2.24) is 20.0 Å². The van der Waals surface area contributed by atoms with Crippen molar-refractivity contribution in [1.29, 1.82) is 0 Å². The summed E-state index contributed by atoms with van der Waals surface area (Å²) in [5.41, 5.74) is 0.897. The van der Waals surface area contributed by atoms with Gasteiger partial charge in [0.1, 0.15) is 5.60 Å². The van der Waals surface area contributed by atoms with Gasteiger partial charge in [-0.3, -0.25) is 9.48 Å². The quantitative estimate of drug-likeness (QED) is 0.879. The number of nitrogens with one attached hydrogen (secondary N) is 1. The minimum atomic E-state index is -0.446. The third-order valence-electron chi connectivity index (χ3n) is 5.99. The summed E-state index contributed by atoms with van der Waals surface area (Å²) in [6, 6.07) is 0. The summed E-state index contributed by atoms with van der Waals surface area (Å²) in [4.78, 5) is 15.0. The van der Waals surface area contributed by atoms with E-state index in [1.54, 1.807) is 4.68 Å². The lowest BCUT2D eigenvalue weighted by Crippen LogP contribution is -2.51. The van der Waals surface area contributed by atoms with Crippen LogP contribution in [0.4, 0.5) is 0 Å². The third-order valence-corrected chi connectivity index (χ3v) is 5.99. The zero-order valence-electron chi connectivity index (χ0n) is 14.0. The van der Waals surface area contributed by atoms with Gasteiger partial charge in [-0.2, -0.15) is 5.10 Å². The maximum atomic E-state index is 13.0. The number of rotatable bonds is 2. The number of nitrogens with zero attached hydrogens (tertiary/aromatic N) is 3. The Morgan fingerprint density at radius 3 is 2.91 bits per heavy atom. The lowest BCUT2D eigenvalue weighted by Gasteiger charge is -2.40. The highest BCUT2D eigenvalue weighted by Gasteiger charge is 2.59. The fraction of sp³-hybridized carbons (Fsp3) is 0.765. The normalized spacial score (nSPS) is 33.0. The molecule has 3 heterocycles. The number of amides is 1. The number of carbonyl (C=O) groups is 1. The fourth-order valence-corrected chi connectivity index (χ4v) is 4.32. The van der Waals surface area contributed by atoms with E-state index < -0.39 is 5.60 Å². The molecular weight excluding hydrogens is 292 g/mol. The van der Waals surface area contributed by atoms with Gasteiger partial charge < -0.3 is 15.0 Å². The number of morpholine rings is 1. The van der Waals surface area contributed by atoms with Crippen LogP contribution in [0.25, 0.3) is 0 Å². The SMILES string of the molecule is Cn1cc([C@@]2(C)CN(C(=O)[C@H]3CC34CCNCC4)CCO2)cn1. The predicted molar refractivity (Wildman–Crippen MR) is 85.7 cm³/mol. The van der Waals surface area contributed by atoms with E-state index in [-0.39, 0.29) is 5.92 Å². The van der Waals surface area contributed by atoms with E-state index in [0.29, 0.717) is 31.0 Å². The molecule has 0 radical (unpaired) electrons. The molecule has 2 saturated heterocycles. The Labute approximate surface area is 137 Å². The number of aromatic nitrogens is 2. The lowest BCUT2D eigenvalue weighted by atomic mass is 9.91. The van der Waals surface area contributed by atoms with Crippen LogP contribution in [0, 0.1) is 11.3 Å². The Morgan fingerprint density at radius 1 is 1.43 bits per heavy atom. The smallest absolute Gasteiger partial charge is 0.226 e. The fourth-order valence-electron chi connectivity index (χ4n) is 4.32. The topological polar surface area (TPSA) is 59.4 Å². The Morgan fingerprint density at radius 2 is 2.22 bits per heavy atom. The minimum absolute atomic E-state index is 0.237. The van der Waals surface area contributed by atoms with Crippen LogP contribution in [0.15, 0.2) is 12.4 Å². The maximum Gasteiger partial charge on any atom is 0.226 e. The van der Waals surface area contributed by atoms with Gasteiger partial charge in [0, 0.05) is 31.3 Å². The molecule has 1 N–H and O–H groups in total. The molecule has 126 valence electrons. The van der Waals surface area contributed by atoms with Crippen molar-refractivity contribution in [2.75, 3.05) is 32.8 Å². The molecule has 3 fully saturated rings. The lowest BCUT2D eigenvalue weighted by molar-refractivity contribution is -0.151. The van der Waals surface area contributed by atoms with Gasteiger partial charge >= 0.3 is 0 Å². The Kier molecular flexibility index (Phi) is 3.50. The molecule has 23 heavy (non-hydrogen) atoms. The summed E-state index contributed by atoms with van der Waals surface area (Å²) in [5.74, 6) is 0.575. The van der Waals surface area contributed by atoms with Crippen LogP contribution in [0.1, 0.15) is 31.7 Å². The molecule has 1 aromatic rings. The van der Waals surface area contributed by atoms with Gasteiger partial charge in [0.2, 0.25) is 5.91 Å². The number of piperidine rings is 1. The number of carbonyl (C=O) groups excluding carboxylic acids is 1. The summed E-state index contributed by atoms with van der Waals surface area (Å²) >= 11 is 0. The third kappa shape index (κ3) is 2.58. The molecule has 1 amide bonds. The van der Waals surface area contributed by atoms with E-state index in [1.807, 2.05) is 24.3 Å². The molecule has 3 aliphatic rings. The molecule has 6 nitrogen and oxygen atoms in total. The molecule has 2 atom stereocenters. The zero-order valence-corrected chi connectivity index (χ0v) is 14.0. The first kappa shape index (κ1) is 15.1. The second kappa shape index (κ2) is 5.31. The Balaban J connectivity index is 1.46. The average molecular weight is 318 g/mol. The minimum Gasteiger partial charge on any atom is -0.367 e.